The van der Waals surface area contributed by atoms with E-state index in [-0.39, 0.29) is 12.1 Å². The van der Waals surface area contributed by atoms with E-state index in [0.717, 1.165) is 25.3 Å². The van der Waals surface area contributed by atoms with Gasteiger partial charge in [-0.1, -0.05) is 24.3 Å². The molecule has 0 aromatic heterocycles. The highest BCUT2D eigenvalue weighted by Gasteiger charge is 2.36. The van der Waals surface area contributed by atoms with Crippen molar-refractivity contribution < 1.29 is 9.53 Å². The summed E-state index contributed by atoms with van der Waals surface area (Å²) < 4.78 is 5.22. The molecule has 2 aromatic carbocycles. The predicted molar refractivity (Wildman–Crippen MR) is 114 cm³/mol. The molecule has 1 unspecified atom stereocenters. The largest absolute Gasteiger partial charge is 0.497 e. The number of carbonyl (C=O) groups is 1. The summed E-state index contributed by atoms with van der Waals surface area (Å²) in [4.78, 5) is 19.1. The van der Waals surface area contributed by atoms with E-state index in [2.05, 4.69) is 60.0 Å². The van der Waals surface area contributed by atoms with Crippen LogP contribution in [0.3, 0.4) is 0 Å². The molecule has 0 N–H and O–H groups in total. The van der Waals surface area contributed by atoms with E-state index in [4.69, 9.17) is 4.74 Å². The van der Waals surface area contributed by atoms with Gasteiger partial charge < -0.3 is 14.5 Å². The van der Waals surface area contributed by atoms with Crippen LogP contribution >= 0.6 is 0 Å². The molecule has 1 fully saturated rings. The highest BCUT2D eigenvalue weighted by Crippen LogP contribution is 2.31. The van der Waals surface area contributed by atoms with Crippen molar-refractivity contribution in [3.63, 3.8) is 0 Å². The number of benzene rings is 2. The molecule has 150 valence electrons. The van der Waals surface area contributed by atoms with Crippen molar-refractivity contribution in [2.45, 2.75) is 26.4 Å². The Morgan fingerprint density at radius 3 is 2.25 bits per heavy atom. The number of amides is 1. The normalized spacial score (nSPS) is 17.2. The summed E-state index contributed by atoms with van der Waals surface area (Å²) in [6, 6.07) is 16.7. The molecule has 2 aromatic rings. The monoisotopic (exact) mass is 381 g/mol. The molecule has 0 radical (unpaired) electrons. The number of nitrogens with zero attached hydrogens (tertiary/aromatic N) is 3. The SMILES string of the molecule is CCN(CC)c1ccc(C2N(C)CC(=O)N2CCc2ccc(OC)cc2)cc1. The number of ether oxygens (including phenoxy) is 1. The van der Waals surface area contributed by atoms with Gasteiger partial charge in [-0.25, -0.2) is 0 Å². The van der Waals surface area contributed by atoms with Gasteiger partial charge in [-0.3, -0.25) is 9.69 Å². The van der Waals surface area contributed by atoms with Gasteiger partial charge in [-0.15, -0.1) is 0 Å². The molecular weight excluding hydrogens is 350 g/mol. The van der Waals surface area contributed by atoms with Crippen molar-refractivity contribution in [2.24, 2.45) is 0 Å². The number of hydrogen-bond donors (Lipinski definition) is 0. The van der Waals surface area contributed by atoms with Gasteiger partial charge in [0.2, 0.25) is 5.91 Å². The standard InChI is InChI=1S/C23H31N3O2/c1-5-25(6-2)20-11-9-19(10-12-20)23-24(3)17-22(27)26(23)16-15-18-7-13-21(28-4)14-8-18/h7-14,23H,5-6,15-17H2,1-4H3. The summed E-state index contributed by atoms with van der Waals surface area (Å²) in [5, 5.41) is 0. The molecule has 5 nitrogen and oxygen atoms in total. The first-order valence-electron chi connectivity index (χ1n) is 10.0. The van der Waals surface area contributed by atoms with Crippen molar-refractivity contribution in [3.8, 4) is 5.75 Å². The van der Waals surface area contributed by atoms with Gasteiger partial charge in [-0.2, -0.15) is 0 Å². The van der Waals surface area contributed by atoms with Crippen LogP contribution in [-0.2, 0) is 11.2 Å². The molecule has 0 spiro atoms. The molecule has 28 heavy (non-hydrogen) atoms. The predicted octanol–water partition coefficient (Wildman–Crippen LogP) is 3.56. The number of anilines is 1. The maximum absolute atomic E-state index is 12.6. The maximum Gasteiger partial charge on any atom is 0.238 e. The number of hydrogen-bond acceptors (Lipinski definition) is 4. The van der Waals surface area contributed by atoms with E-state index in [9.17, 15) is 4.79 Å². The highest BCUT2D eigenvalue weighted by atomic mass is 16.5. The van der Waals surface area contributed by atoms with Crippen molar-refractivity contribution in [3.05, 3.63) is 59.7 Å². The second-order valence-electron chi connectivity index (χ2n) is 7.24. The fraction of sp³-hybridized carbons (Fsp3) is 0.435. The summed E-state index contributed by atoms with van der Waals surface area (Å²) in [5.41, 5.74) is 3.60. The van der Waals surface area contributed by atoms with E-state index < -0.39 is 0 Å². The second-order valence-corrected chi connectivity index (χ2v) is 7.24. The fourth-order valence-corrected chi connectivity index (χ4v) is 3.93. The Morgan fingerprint density at radius 1 is 1.04 bits per heavy atom. The van der Waals surface area contributed by atoms with Crippen LogP contribution in [0.4, 0.5) is 5.69 Å². The average Bonchev–Trinajstić information content (AvgIpc) is 3.01. The van der Waals surface area contributed by atoms with Crippen LogP contribution in [0, 0.1) is 0 Å². The minimum absolute atomic E-state index is 0.00324. The van der Waals surface area contributed by atoms with Gasteiger partial charge >= 0.3 is 0 Å². The lowest BCUT2D eigenvalue weighted by Gasteiger charge is -2.29. The molecule has 1 atom stereocenters. The first-order chi connectivity index (χ1) is 13.6. The lowest BCUT2D eigenvalue weighted by atomic mass is 10.1. The first kappa shape index (κ1) is 20.2. The van der Waals surface area contributed by atoms with Gasteiger partial charge in [0.1, 0.15) is 11.9 Å². The van der Waals surface area contributed by atoms with Crippen LogP contribution in [0.1, 0.15) is 31.1 Å². The van der Waals surface area contributed by atoms with E-state index >= 15 is 0 Å². The summed E-state index contributed by atoms with van der Waals surface area (Å²) >= 11 is 0. The third-order valence-electron chi connectivity index (χ3n) is 5.54. The minimum Gasteiger partial charge on any atom is -0.497 e. The van der Waals surface area contributed by atoms with Crippen LogP contribution in [0.15, 0.2) is 48.5 Å². The molecule has 3 rings (SSSR count). The van der Waals surface area contributed by atoms with Crippen molar-refractivity contribution >= 4 is 11.6 Å². The number of likely N-dealkylation sites (N-methyl/N-ethyl adjacent to an activating group) is 1. The number of rotatable bonds is 8. The molecule has 0 aliphatic carbocycles. The van der Waals surface area contributed by atoms with Crippen LogP contribution in [0.5, 0.6) is 5.75 Å². The van der Waals surface area contributed by atoms with E-state index in [1.165, 1.54) is 16.8 Å². The summed E-state index contributed by atoms with van der Waals surface area (Å²) in [7, 11) is 3.69. The zero-order chi connectivity index (χ0) is 20.1. The van der Waals surface area contributed by atoms with Gasteiger partial charge in [0, 0.05) is 25.3 Å². The second kappa shape index (κ2) is 9.11. The minimum atomic E-state index is -0.00324. The molecule has 1 aliphatic heterocycles. The van der Waals surface area contributed by atoms with Crippen molar-refractivity contribution in [1.82, 2.24) is 9.80 Å². The zero-order valence-corrected chi connectivity index (χ0v) is 17.4. The Bertz CT molecular complexity index is 769. The molecule has 0 saturated carbocycles. The molecule has 1 saturated heterocycles. The Labute approximate surface area is 168 Å². The van der Waals surface area contributed by atoms with Crippen LogP contribution in [0.2, 0.25) is 0 Å². The Kier molecular flexibility index (Phi) is 6.57. The summed E-state index contributed by atoms with van der Waals surface area (Å²) in [6.07, 6.45) is 0.828. The number of methoxy groups -OCH3 is 1. The first-order valence-corrected chi connectivity index (χ1v) is 10.0. The van der Waals surface area contributed by atoms with Crippen molar-refractivity contribution in [2.75, 3.05) is 45.2 Å². The topological polar surface area (TPSA) is 36.0 Å². The van der Waals surface area contributed by atoms with Crippen LogP contribution < -0.4 is 9.64 Å². The van der Waals surface area contributed by atoms with Crippen LogP contribution in [-0.4, -0.2) is 56.0 Å². The molecule has 1 amide bonds. The van der Waals surface area contributed by atoms with Gasteiger partial charge in [0.25, 0.3) is 0 Å². The molecule has 1 heterocycles. The van der Waals surface area contributed by atoms with Gasteiger partial charge in [-0.05, 0) is 62.7 Å². The molecular formula is C23H31N3O2. The number of carbonyl (C=O) groups excluding carboxylic acids is 1. The van der Waals surface area contributed by atoms with Crippen LogP contribution in [0.25, 0.3) is 0 Å². The molecule has 1 aliphatic rings. The average molecular weight is 382 g/mol. The zero-order valence-electron chi connectivity index (χ0n) is 17.4. The van der Waals surface area contributed by atoms with Crippen molar-refractivity contribution in [1.29, 1.82) is 0 Å². The van der Waals surface area contributed by atoms with Gasteiger partial charge in [0.05, 0.1) is 13.7 Å². The summed E-state index contributed by atoms with van der Waals surface area (Å²) in [5.74, 6) is 1.04. The Morgan fingerprint density at radius 2 is 1.68 bits per heavy atom. The smallest absolute Gasteiger partial charge is 0.238 e. The molecule has 0 bridgehead atoms. The third-order valence-corrected chi connectivity index (χ3v) is 5.54. The Balaban J connectivity index is 1.73. The maximum atomic E-state index is 12.6. The summed E-state index contributed by atoms with van der Waals surface area (Å²) in [6.45, 7) is 7.49. The van der Waals surface area contributed by atoms with Gasteiger partial charge in [0.15, 0.2) is 0 Å². The van der Waals surface area contributed by atoms with E-state index in [1.807, 2.05) is 24.1 Å². The quantitative estimate of drug-likeness (QED) is 0.701. The van der Waals surface area contributed by atoms with E-state index in [0.29, 0.717) is 13.1 Å². The molecule has 5 heteroatoms. The Hall–Kier alpha value is -2.53. The third kappa shape index (κ3) is 4.30. The highest BCUT2D eigenvalue weighted by molar-refractivity contribution is 5.81. The fourth-order valence-electron chi connectivity index (χ4n) is 3.93. The lowest BCUT2D eigenvalue weighted by Crippen LogP contribution is -2.32. The van der Waals surface area contributed by atoms with E-state index in [1.54, 1.807) is 7.11 Å². The lowest BCUT2D eigenvalue weighted by molar-refractivity contribution is -0.128.